The average Bonchev–Trinajstić information content (AvgIpc) is 2.84. The smallest absolute Gasteiger partial charge is 0.164 e. The van der Waals surface area contributed by atoms with Gasteiger partial charge in [0.1, 0.15) is 18.7 Å². The molecule has 0 spiro atoms. The van der Waals surface area contributed by atoms with E-state index in [1.807, 2.05) is 31.5 Å². The zero-order valence-corrected chi connectivity index (χ0v) is 14.2. The second-order valence-electron chi connectivity index (χ2n) is 5.17. The van der Waals surface area contributed by atoms with Crippen LogP contribution in [-0.4, -0.2) is 20.8 Å². The molecule has 1 heterocycles. The second-order valence-corrected chi connectivity index (χ2v) is 6.09. The summed E-state index contributed by atoms with van der Waals surface area (Å²) >= 11 is 3.53. The molecule has 0 aliphatic heterocycles. The molecule has 0 radical (unpaired) electrons. The number of benzene rings is 1. The molecule has 0 saturated heterocycles. The van der Waals surface area contributed by atoms with Gasteiger partial charge in [-0.15, -0.1) is 0 Å². The zero-order chi connectivity index (χ0) is 15.4. The predicted octanol–water partition coefficient (Wildman–Crippen LogP) is 2.84. The molecule has 0 aliphatic rings. The van der Waals surface area contributed by atoms with Gasteiger partial charge >= 0.3 is 0 Å². The van der Waals surface area contributed by atoms with E-state index in [1.54, 1.807) is 6.33 Å². The maximum atomic E-state index is 6.01. The minimum Gasteiger partial charge on any atom is -0.485 e. The van der Waals surface area contributed by atoms with Crippen LogP contribution in [0.25, 0.3) is 0 Å². The first-order valence-electron chi connectivity index (χ1n) is 7.05. The van der Waals surface area contributed by atoms with Crippen LogP contribution in [0.4, 0.5) is 0 Å². The molecule has 5 nitrogen and oxygen atoms in total. The van der Waals surface area contributed by atoms with Gasteiger partial charge in [-0.25, -0.2) is 9.67 Å². The van der Waals surface area contributed by atoms with E-state index in [0.717, 1.165) is 40.1 Å². The van der Waals surface area contributed by atoms with Crippen molar-refractivity contribution in [1.82, 2.24) is 14.8 Å². The SMILES string of the molecule is CCn1ncnc1COc1c(C)cc(Br)cc1CC(C)N. The van der Waals surface area contributed by atoms with Crippen LogP contribution in [0.1, 0.15) is 30.8 Å². The van der Waals surface area contributed by atoms with Crippen LogP contribution in [0.15, 0.2) is 22.9 Å². The molecule has 0 fully saturated rings. The number of hydrogen-bond acceptors (Lipinski definition) is 4. The van der Waals surface area contributed by atoms with E-state index in [-0.39, 0.29) is 6.04 Å². The van der Waals surface area contributed by atoms with Crippen molar-refractivity contribution in [3.05, 3.63) is 39.9 Å². The van der Waals surface area contributed by atoms with Crippen LogP contribution in [0.3, 0.4) is 0 Å². The number of ether oxygens (including phenoxy) is 1. The van der Waals surface area contributed by atoms with Crippen molar-refractivity contribution in [2.24, 2.45) is 5.73 Å². The zero-order valence-electron chi connectivity index (χ0n) is 12.6. The third-order valence-electron chi connectivity index (χ3n) is 3.20. The standard InChI is InChI=1S/C15H21BrN4O/c1-4-20-14(18-9-19-20)8-21-15-10(2)5-13(16)7-12(15)6-11(3)17/h5,7,9,11H,4,6,8,17H2,1-3H3. The first-order valence-corrected chi connectivity index (χ1v) is 7.84. The van der Waals surface area contributed by atoms with Crippen molar-refractivity contribution < 1.29 is 4.74 Å². The van der Waals surface area contributed by atoms with E-state index >= 15 is 0 Å². The van der Waals surface area contributed by atoms with Crippen LogP contribution in [0, 0.1) is 6.92 Å². The normalized spacial score (nSPS) is 12.4. The quantitative estimate of drug-likeness (QED) is 0.867. The fraction of sp³-hybridized carbons (Fsp3) is 0.467. The molecule has 2 rings (SSSR count). The average molecular weight is 353 g/mol. The molecule has 21 heavy (non-hydrogen) atoms. The predicted molar refractivity (Wildman–Crippen MR) is 86.3 cm³/mol. The maximum Gasteiger partial charge on any atom is 0.164 e. The van der Waals surface area contributed by atoms with Crippen LogP contribution in [-0.2, 0) is 19.6 Å². The number of halogens is 1. The highest BCUT2D eigenvalue weighted by Crippen LogP contribution is 2.29. The molecule has 0 aliphatic carbocycles. The van der Waals surface area contributed by atoms with Gasteiger partial charge in [-0.1, -0.05) is 15.9 Å². The first-order chi connectivity index (χ1) is 10.0. The lowest BCUT2D eigenvalue weighted by molar-refractivity contribution is 0.282. The molecule has 1 aromatic heterocycles. The maximum absolute atomic E-state index is 6.01. The molecule has 2 N–H and O–H groups in total. The Morgan fingerprint density at radius 1 is 1.43 bits per heavy atom. The van der Waals surface area contributed by atoms with E-state index in [9.17, 15) is 0 Å². The van der Waals surface area contributed by atoms with E-state index in [2.05, 4.69) is 32.1 Å². The minimum atomic E-state index is 0.0837. The molecule has 6 heteroatoms. The third kappa shape index (κ3) is 4.04. The highest BCUT2D eigenvalue weighted by atomic mass is 79.9. The van der Waals surface area contributed by atoms with Gasteiger partial charge in [0.15, 0.2) is 5.82 Å². The Kier molecular flexibility index (Phi) is 5.36. The van der Waals surface area contributed by atoms with Gasteiger partial charge in [0.25, 0.3) is 0 Å². The summed E-state index contributed by atoms with van der Waals surface area (Å²) in [6.07, 6.45) is 2.33. The van der Waals surface area contributed by atoms with Gasteiger partial charge in [-0.3, -0.25) is 0 Å². The van der Waals surface area contributed by atoms with Gasteiger partial charge in [0.2, 0.25) is 0 Å². The molecular weight excluding hydrogens is 332 g/mol. The molecule has 0 amide bonds. The molecule has 0 bridgehead atoms. The van der Waals surface area contributed by atoms with Crippen molar-refractivity contribution in [3.8, 4) is 5.75 Å². The largest absolute Gasteiger partial charge is 0.485 e. The van der Waals surface area contributed by atoms with Crippen LogP contribution < -0.4 is 10.5 Å². The van der Waals surface area contributed by atoms with E-state index in [4.69, 9.17) is 10.5 Å². The lowest BCUT2D eigenvalue weighted by Gasteiger charge is -2.16. The molecule has 1 aromatic carbocycles. The van der Waals surface area contributed by atoms with Crippen LogP contribution in [0.2, 0.25) is 0 Å². The van der Waals surface area contributed by atoms with Crippen molar-refractivity contribution in [1.29, 1.82) is 0 Å². The van der Waals surface area contributed by atoms with Gasteiger partial charge in [0.05, 0.1) is 0 Å². The van der Waals surface area contributed by atoms with E-state index < -0.39 is 0 Å². The van der Waals surface area contributed by atoms with Crippen LogP contribution in [0.5, 0.6) is 5.75 Å². The summed E-state index contributed by atoms with van der Waals surface area (Å²) in [5.74, 6) is 1.72. The van der Waals surface area contributed by atoms with Gasteiger partial charge < -0.3 is 10.5 Å². The fourth-order valence-corrected chi connectivity index (χ4v) is 2.92. The number of nitrogens with two attached hydrogens (primary N) is 1. The van der Waals surface area contributed by atoms with Gasteiger partial charge in [-0.2, -0.15) is 5.10 Å². The Balaban J connectivity index is 2.22. The van der Waals surface area contributed by atoms with E-state index in [1.165, 1.54) is 0 Å². The Hall–Kier alpha value is -1.40. The monoisotopic (exact) mass is 352 g/mol. The highest BCUT2D eigenvalue weighted by molar-refractivity contribution is 9.10. The topological polar surface area (TPSA) is 66.0 Å². The lowest BCUT2D eigenvalue weighted by atomic mass is 10.0. The molecule has 2 aromatic rings. The van der Waals surface area contributed by atoms with Crippen molar-refractivity contribution in [3.63, 3.8) is 0 Å². The summed E-state index contributed by atoms with van der Waals surface area (Å²) in [5.41, 5.74) is 8.13. The summed E-state index contributed by atoms with van der Waals surface area (Å²) in [7, 11) is 0. The molecule has 114 valence electrons. The second kappa shape index (κ2) is 7.04. The number of nitrogens with zero attached hydrogens (tertiary/aromatic N) is 3. The Bertz CT molecular complexity index is 610. The van der Waals surface area contributed by atoms with Crippen LogP contribution >= 0.6 is 15.9 Å². The van der Waals surface area contributed by atoms with Crippen molar-refractivity contribution in [2.45, 2.75) is 46.4 Å². The molecular formula is C15H21BrN4O. The van der Waals surface area contributed by atoms with Gasteiger partial charge in [0, 0.05) is 17.1 Å². The summed E-state index contributed by atoms with van der Waals surface area (Å²) in [5, 5.41) is 4.15. The van der Waals surface area contributed by atoms with E-state index in [0.29, 0.717) is 6.61 Å². The first kappa shape index (κ1) is 16.0. The highest BCUT2D eigenvalue weighted by Gasteiger charge is 2.12. The van der Waals surface area contributed by atoms with Crippen molar-refractivity contribution in [2.75, 3.05) is 0 Å². The third-order valence-corrected chi connectivity index (χ3v) is 3.66. The lowest BCUT2D eigenvalue weighted by Crippen LogP contribution is -2.19. The fourth-order valence-electron chi connectivity index (χ4n) is 2.31. The Labute approximate surface area is 133 Å². The number of aryl methyl sites for hydroxylation is 2. The summed E-state index contributed by atoms with van der Waals surface area (Å²) in [6, 6.07) is 4.20. The molecule has 0 saturated carbocycles. The molecule has 1 atom stereocenters. The van der Waals surface area contributed by atoms with Crippen molar-refractivity contribution >= 4 is 15.9 Å². The minimum absolute atomic E-state index is 0.0837. The molecule has 1 unspecified atom stereocenters. The Morgan fingerprint density at radius 3 is 2.86 bits per heavy atom. The number of rotatable bonds is 6. The van der Waals surface area contributed by atoms with Gasteiger partial charge in [-0.05, 0) is 50.5 Å². The summed E-state index contributed by atoms with van der Waals surface area (Å²) in [4.78, 5) is 4.23. The number of hydrogen-bond donors (Lipinski definition) is 1. The Morgan fingerprint density at radius 2 is 2.19 bits per heavy atom. The summed E-state index contributed by atoms with van der Waals surface area (Å²) in [6.45, 7) is 7.25. The number of aromatic nitrogens is 3. The summed E-state index contributed by atoms with van der Waals surface area (Å²) < 4.78 is 8.89.